The van der Waals surface area contributed by atoms with E-state index in [0.717, 1.165) is 0 Å². The minimum absolute atomic E-state index is 0.0154. The van der Waals surface area contributed by atoms with Gasteiger partial charge in [-0.05, 0) is 30.7 Å². The number of aryl methyl sites for hydroxylation is 1. The molecule has 3 rings (SSSR count). The van der Waals surface area contributed by atoms with Crippen LogP contribution in [0.3, 0.4) is 0 Å². The normalized spacial score (nSPS) is 15.2. The Morgan fingerprint density at radius 1 is 0.906 bits per heavy atom. The largest absolute Gasteiger partial charge is 0.339 e. The highest BCUT2D eigenvalue weighted by molar-refractivity contribution is 7.92. The van der Waals surface area contributed by atoms with Crippen molar-refractivity contribution in [3.63, 3.8) is 0 Å². The first-order chi connectivity index (χ1) is 15.3. The molecule has 1 aliphatic rings. The molecule has 0 bridgehead atoms. The average Bonchev–Trinajstić information content (AvgIpc) is 2.82. The van der Waals surface area contributed by atoms with E-state index in [-0.39, 0.29) is 23.9 Å². The number of rotatable bonds is 6. The van der Waals surface area contributed by atoms with Crippen molar-refractivity contribution in [3.8, 4) is 0 Å². The van der Waals surface area contributed by atoms with Gasteiger partial charge >= 0.3 is 0 Å². The summed E-state index contributed by atoms with van der Waals surface area (Å²) < 4.78 is 26.7. The van der Waals surface area contributed by atoms with E-state index >= 15 is 0 Å². The van der Waals surface area contributed by atoms with Crippen LogP contribution in [-0.2, 0) is 19.4 Å². The summed E-state index contributed by atoms with van der Waals surface area (Å²) in [6.45, 7) is 4.55. The maximum Gasteiger partial charge on any atom is 0.261 e. The number of benzene rings is 2. The fourth-order valence-electron chi connectivity index (χ4n) is 3.61. The molecule has 3 amide bonds. The summed E-state index contributed by atoms with van der Waals surface area (Å²) in [5.74, 6) is -1.36. The van der Waals surface area contributed by atoms with Gasteiger partial charge in [-0.1, -0.05) is 43.3 Å². The summed E-state index contributed by atoms with van der Waals surface area (Å²) in [7, 11) is -4.20. The van der Waals surface area contributed by atoms with Crippen LogP contribution in [0.15, 0.2) is 59.5 Å². The van der Waals surface area contributed by atoms with Crippen LogP contribution in [0.1, 0.15) is 29.3 Å². The van der Waals surface area contributed by atoms with E-state index in [0.29, 0.717) is 30.6 Å². The number of carbonyl (C=O) groups excluding carboxylic acids is 3. The molecule has 9 heteroatoms. The van der Waals surface area contributed by atoms with E-state index in [4.69, 9.17) is 0 Å². The highest BCUT2D eigenvalue weighted by Crippen LogP contribution is 2.18. The predicted molar refractivity (Wildman–Crippen MR) is 120 cm³/mol. The summed E-state index contributed by atoms with van der Waals surface area (Å²) in [5, 5.41) is 0.684. The third kappa shape index (κ3) is 4.99. The van der Waals surface area contributed by atoms with Gasteiger partial charge < -0.3 is 15.1 Å². The third-order valence-electron chi connectivity index (χ3n) is 5.50. The number of piperazine rings is 1. The number of hydrogen-bond acceptors (Lipinski definition) is 5. The van der Waals surface area contributed by atoms with E-state index < -0.39 is 27.0 Å². The highest BCUT2D eigenvalue weighted by Gasteiger charge is 2.39. The Morgan fingerprint density at radius 3 is 2.06 bits per heavy atom. The molecule has 8 nitrogen and oxygen atoms in total. The molecule has 1 aliphatic heterocycles. The van der Waals surface area contributed by atoms with Gasteiger partial charge in [-0.3, -0.25) is 14.4 Å². The van der Waals surface area contributed by atoms with Gasteiger partial charge in [-0.15, -0.1) is 0 Å². The highest BCUT2D eigenvalue weighted by atomic mass is 32.2. The molecule has 1 saturated heterocycles. The van der Waals surface area contributed by atoms with Gasteiger partial charge in [0.1, 0.15) is 0 Å². The Bertz CT molecular complexity index is 1090. The van der Waals surface area contributed by atoms with Gasteiger partial charge in [0, 0.05) is 38.2 Å². The summed E-state index contributed by atoms with van der Waals surface area (Å²) in [4.78, 5) is 41.2. The van der Waals surface area contributed by atoms with Gasteiger partial charge in [-0.2, -0.15) is 0 Å². The molecule has 0 aliphatic carbocycles. The monoisotopic (exact) mass is 457 g/mol. The van der Waals surface area contributed by atoms with Crippen LogP contribution >= 0.6 is 0 Å². The first kappa shape index (κ1) is 23.5. The second-order valence-corrected chi connectivity index (χ2v) is 9.62. The lowest BCUT2D eigenvalue weighted by molar-refractivity contribution is -0.139. The molecule has 0 radical (unpaired) electrons. The Kier molecular flexibility index (Phi) is 7.29. The maximum atomic E-state index is 13.4. The van der Waals surface area contributed by atoms with E-state index in [1.165, 1.54) is 17.0 Å². The van der Waals surface area contributed by atoms with Crippen molar-refractivity contribution in [1.82, 2.24) is 15.1 Å². The van der Waals surface area contributed by atoms with Gasteiger partial charge in [-0.25, -0.2) is 8.42 Å². The molecule has 1 atom stereocenters. The first-order valence-electron chi connectivity index (χ1n) is 10.5. The number of hydrogen-bond donors (Lipinski definition) is 1. The Morgan fingerprint density at radius 2 is 1.47 bits per heavy atom. The van der Waals surface area contributed by atoms with Crippen LogP contribution in [0, 0.1) is 6.92 Å². The topological polar surface area (TPSA) is 104 Å². The minimum atomic E-state index is -4.20. The van der Waals surface area contributed by atoms with Crippen molar-refractivity contribution in [1.29, 1.82) is 0 Å². The zero-order valence-corrected chi connectivity index (χ0v) is 19.0. The SMILES string of the molecule is CCC(=O)N1CCN(C(=O)[C@H](NC(=O)c2ccccc2C)S(=O)(=O)c2ccccc2)CC1. The van der Waals surface area contributed by atoms with Gasteiger partial charge in [0.15, 0.2) is 0 Å². The molecule has 1 heterocycles. The Hall–Kier alpha value is -3.20. The maximum absolute atomic E-state index is 13.4. The first-order valence-corrected chi connectivity index (χ1v) is 12.0. The lowest BCUT2D eigenvalue weighted by Gasteiger charge is -2.36. The number of sulfone groups is 1. The van der Waals surface area contributed by atoms with Crippen molar-refractivity contribution >= 4 is 27.6 Å². The smallest absolute Gasteiger partial charge is 0.261 e. The Labute approximate surface area is 188 Å². The molecular weight excluding hydrogens is 430 g/mol. The zero-order valence-electron chi connectivity index (χ0n) is 18.2. The molecule has 0 aromatic heterocycles. The molecule has 1 fully saturated rings. The summed E-state index contributed by atoms with van der Waals surface area (Å²) in [5.41, 5.74) is 0.965. The number of carbonyl (C=O) groups is 3. The molecule has 0 spiro atoms. The van der Waals surface area contributed by atoms with Crippen LogP contribution in [0.2, 0.25) is 0 Å². The Balaban J connectivity index is 1.89. The van der Waals surface area contributed by atoms with Gasteiger partial charge in [0.2, 0.25) is 21.1 Å². The molecular formula is C23H27N3O5S. The summed E-state index contributed by atoms with van der Waals surface area (Å²) in [6.07, 6.45) is 0.367. The van der Waals surface area contributed by atoms with E-state index in [2.05, 4.69) is 5.32 Å². The number of nitrogens with one attached hydrogen (secondary N) is 1. The molecule has 2 aromatic rings. The van der Waals surface area contributed by atoms with Crippen LogP contribution in [-0.4, -0.2) is 67.5 Å². The van der Waals surface area contributed by atoms with Crippen LogP contribution < -0.4 is 5.32 Å². The van der Waals surface area contributed by atoms with Crippen molar-refractivity contribution in [2.75, 3.05) is 26.2 Å². The average molecular weight is 458 g/mol. The lowest BCUT2D eigenvalue weighted by Crippen LogP contribution is -2.57. The molecule has 2 aromatic carbocycles. The number of amides is 3. The van der Waals surface area contributed by atoms with Crippen molar-refractivity contribution < 1.29 is 22.8 Å². The van der Waals surface area contributed by atoms with E-state index in [1.54, 1.807) is 61.2 Å². The molecule has 32 heavy (non-hydrogen) atoms. The fraction of sp³-hybridized carbons (Fsp3) is 0.348. The van der Waals surface area contributed by atoms with Crippen molar-refractivity contribution in [3.05, 3.63) is 65.7 Å². The zero-order chi connectivity index (χ0) is 23.3. The lowest BCUT2D eigenvalue weighted by atomic mass is 10.1. The standard InChI is InChI=1S/C23H27N3O5S/c1-3-20(27)25-13-15-26(16-14-25)23(29)22(32(30,31)18-10-5-4-6-11-18)24-21(28)19-12-8-7-9-17(19)2/h4-12,22H,3,13-16H2,1-2H3,(H,24,28)/t22-/m1/s1. The second-order valence-electron chi connectivity index (χ2n) is 7.59. The quantitative estimate of drug-likeness (QED) is 0.710. The molecule has 0 unspecified atom stereocenters. The molecule has 0 saturated carbocycles. The summed E-state index contributed by atoms with van der Waals surface area (Å²) in [6, 6.07) is 14.4. The third-order valence-corrected chi connectivity index (χ3v) is 7.37. The predicted octanol–water partition coefficient (Wildman–Crippen LogP) is 1.61. The van der Waals surface area contributed by atoms with Crippen molar-refractivity contribution in [2.45, 2.75) is 30.5 Å². The molecule has 170 valence electrons. The minimum Gasteiger partial charge on any atom is -0.339 e. The van der Waals surface area contributed by atoms with Crippen molar-refractivity contribution in [2.24, 2.45) is 0 Å². The molecule has 1 N–H and O–H groups in total. The van der Waals surface area contributed by atoms with Crippen LogP contribution in [0.4, 0.5) is 0 Å². The van der Waals surface area contributed by atoms with Gasteiger partial charge in [0.25, 0.3) is 11.8 Å². The van der Waals surface area contributed by atoms with Gasteiger partial charge in [0.05, 0.1) is 4.90 Å². The van der Waals surface area contributed by atoms with Crippen LogP contribution in [0.5, 0.6) is 0 Å². The second kappa shape index (κ2) is 9.95. The fourth-order valence-corrected chi connectivity index (χ4v) is 5.09. The van der Waals surface area contributed by atoms with E-state index in [1.807, 2.05) is 0 Å². The summed E-state index contributed by atoms with van der Waals surface area (Å²) >= 11 is 0. The van der Waals surface area contributed by atoms with E-state index in [9.17, 15) is 22.8 Å². The number of nitrogens with zero attached hydrogens (tertiary/aromatic N) is 2. The van der Waals surface area contributed by atoms with Crippen LogP contribution in [0.25, 0.3) is 0 Å².